The van der Waals surface area contributed by atoms with Crippen molar-refractivity contribution in [2.75, 3.05) is 17.2 Å². The first-order valence-corrected chi connectivity index (χ1v) is 9.47. The zero-order valence-electron chi connectivity index (χ0n) is 17.0. The van der Waals surface area contributed by atoms with E-state index >= 15 is 0 Å². The molecule has 178 valence electrons. The van der Waals surface area contributed by atoms with Crippen LogP contribution in [0.15, 0.2) is 66.9 Å². The highest BCUT2D eigenvalue weighted by molar-refractivity contribution is 5.98. The van der Waals surface area contributed by atoms with Gasteiger partial charge in [0.15, 0.2) is 6.61 Å². The number of anilines is 3. The van der Waals surface area contributed by atoms with Crippen molar-refractivity contribution in [2.24, 2.45) is 0 Å². The molecule has 1 amide bonds. The van der Waals surface area contributed by atoms with Crippen molar-refractivity contribution in [3.63, 3.8) is 0 Å². The molecule has 2 N–H and O–H groups in total. The molecule has 0 aliphatic heterocycles. The highest BCUT2D eigenvalue weighted by Gasteiger charge is 2.33. The number of alkyl halides is 6. The van der Waals surface area contributed by atoms with Gasteiger partial charge in [-0.1, -0.05) is 18.2 Å². The van der Waals surface area contributed by atoms with Crippen LogP contribution in [0.3, 0.4) is 0 Å². The number of halogens is 6. The highest BCUT2D eigenvalue weighted by atomic mass is 19.4. The van der Waals surface area contributed by atoms with Gasteiger partial charge in [0.1, 0.15) is 11.4 Å². The van der Waals surface area contributed by atoms with Gasteiger partial charge in [-0.3, -0.25) is 4.79 Å². The summed E-state index contributed by atoms with van der Waals surface area (Å²) in [6.07, 6.45) is -8.02. The topological polar surface area (TPSA) is 80.3 Å². The molecule has 3 rings (SSSR count). The third kappa shape index (κ3) is 6.24. The number of ether oxygens (including phenoxy) is 1. The van der Waals surface area contributed by atoms with Crippen LogP contribution in [0.25, 0.3) is 0 Å². The number of rotatable bonds is 6. The fraction of sp³-hybridized carbons (Fsp3) is 0.136. The Labute approximate surface area is 188 Å². The number of pyridine rings is 1. The molecule has 0 saturated carbocycles. The summed E-state index contributed by atoms with van der Waals surface area (Å²) in [5.41, 5.74) is -2.72. The quantitative estimate of drug-likeness (QED) is 0.350. The van der Waals surface area contributed by atoms with Crippen molar-refractivity contribution in [3.05, 3.63) is 83.6 Å². The lowest BCUT2D eigenvalue weighted by molar-refractivity contribution is -0.138. The summed E-state index contributed by atoms with van der Waals surface area (Å²) in [6.45, 7) is -0.914. The van der Waals surface area contributed by atoms with Crippen LogP contribution in [-0.4, -0.2) is 23.5 Å². The van der Waals surface area contributed by atoms with E-state index in [4.69, 9.17) is 4.74 Å². The Kier molecular flexibility index (Phi) is 7.08. The van der Waals surface area contributed by atoms with Crippen LogP contribution in [0.1, 0.15) is 21.5 Å². The third-order valence-corrected chi connectivity index (χ3v) is 4.32. The molecule has 1 heterocycles. The second kappa shape index (κ2) is 9.81. The van der Waals surface area contributed by atoms with Crippen molar-refractivity contribution in [1.82, 2.24) is 4.98 Å². The van der Waals surface area contributed by atoms with Crippen LogP contribution in [-0.2, 0) is 21.9 Å². The van der Waals surface area contributed by atoms with E-state index < -0.39 is 47.7 Å². The van der Waals surface area contributed by atoms with E-state index in [0.717, 1.165) is 36.4 Å². The van der Waals surface area contributed by atoms with Gasteiger partial charge in [-0.15, -0.1) is 0 Å². The smallest absolute Gasteiger partial charge is 0.418 e. The maximum Gasteiger partial charge on any atom is 0.418 e. The molecule has 12 heteroatoms. The summed E-state index contributed by atoms with van der Waals surface area (Å²) in [4.78, 5) is 28.4. The van der Waals surface area contributed by atoms with Crippen LogP contribution in [0.5, 0.6) is 0 Å². The Morgan fingerprint density at radius 1 is 0.882 bits per heavy atom. The van der Waals surface area contributed by atoms with Crippen molar-refractivity contribution in [2.45, 2.75) is 12.4 Å². The molecule has 0 saturated heterocycles. The predicted molar refractivity (Wildman–Crippen MR) is 109 cm³/mol. The summed E-state index contributed by atoms with van der Waals surface area (Å²) >= 11 is 0. The Balaban J connectivity index is 1.69. The molecule has 0 radical (unpaired) electrons. The summed E-state index contributed by atoms with van der Waals surface area (Å²) < 4.78 is 82.7. The minimum Gasteiger partial charge on any atom is -0.452 e. The molecule has 0 fully saturated rings. The molecular weight excluding hydrogens is 468 g/mol. The molecule has 6 nitrogen and oxygen atoms in total. The number of hydrogen-bond acceptors (Lipinski definition) is 5. The van der Waals surface area contributed by atoms with Gasteiger partial charge in [-0.2, -0.15) is 26.3 Å². The summed E-state index contributed by atoms with van der Waals surface area (Å²) in [6, 6.07) is 11.0. The molecule has 3 aromatic rings. The normalized spacial score (nSPS) is 11.6. The van der Waals surface area contributed by atoms with E-state index in [1.165, 1.54) is 30.5 Å². The van der Waals surface area contributed by atoms with Gasteiger partial charge in [0.2, 0.25) is 0 Å². The standard InChI is InChI=1S/C22H15F6N3O3/c23-21(24,25)13-5-3-6-14(11-13)30-19-15(7-4-10-29-19)20(33)34-12-18(32)31-17-9-2-1-8-16(17)22(26,27)28/h1-11H,12H2,(H,29,30)(H,31,32). The second-order valence-electron chi connectivity index (χ2n) is 6.77. The maximum atomic E-state index is 13.0. The van der Waals surface area contributed by atoms with E-state index in [1.807, 2.05) is 5.32 Å². The van der Waals surface area contributed by atoms with Gasteiger partial charge in [-0.25, -0.2) is 9.78 Å². The van der Waals surface area contributed by atoms with Crippen molar-refractivity contribution in [1.29, 1.82) is 0 Å². The zero-order chi connectivity index (χ0) is 24.9. The summed E-state index contributed by atoms with van der Waals surface area (Å²) in [7, 11) is 0. The molecule has 0 atom stereocenters. The third-order valence-electron chi connectivity index (χ3n) is 4.32. The molecular formula is C22H15F6N3O3. The van der Waals surface area contributed by atoms with E-state index in [9.17, 15) is 35.9 Å². The van der Waals surface area contributed by atoms with Crippen LogP contribution in [0.4, 0.5) is 43.5 Å². The van der Waals surface area contributed by atoms with Gasteiger partial charge in [0.25, 0.3) is 5.91 Å². The summed E-state index contributed by atoms with van der Waals surface area (Å²) in [5.74, 6) is -2.24. The molecule has 1 aromatic heterocycles. The molecule has 0 bridgehead atoms. The first-order chi connectivity index (χ1) is 15.9. The lowest BCUT2D eigenvalue weighted by Gasteiger charge is -2.14. The number of aromatic nitrogens is 1. The molecule has 0 aliphatic rings. The van der Waals surface area contributed by atoms with Crippen LogP contribution in [0, 0.1) is 0 Å². The number of carbonyl (C=O) groups is 2. The monoisotopic (exact) mass is 483 g/mol. The first-order valence-electron chi connectivity index (χ1n) is 9.47. The first kappa shape index (κ1) is 24.6. The van der Waals surface area contributed by atoms with Crippen molar-refractivity contribution in [3.8, 4) is 0 Å². The van der Waals surface area contributed by atoms with Gasteiger partial charge in [-0.05, 0) is 42.5 Å². The Morgan fingerprint density at radius 2 is 1.62 bits per heavy atom. The van der Waals surface area contributed by atoms with E-state index in [0.29, 0.717) is 0 Å². The van der Waals surface area contributed by atoms with E-state index in [-0.39, 0.29) is 17.1 Å². The van der Waals surface area contributed by atoms with Gasteiger partial charge in [0, 0.05) is 11.9 Å². The number of hydrogen-bond donors (Lipinski definition) is 2. The number of para-hydroxylation sites is 1. The Bertz CT molecular complexity index is 1190. The number of carbonyl (C=O) groups excluding carboxylic acids is 2. The lowest BCUT2D eigenvalue weighted by Crippen LogP contribution is -2.23. The number of esters is 1. The average Bonchev–Trinajstić information content (AvgIpc) is 2.77. The Hall–Kier alpha value is -4.09. The summed E-state index contributed by atoms with van der Waals surface area (Å²) in [5, 5.41) is 4.60. The van der Waals surface area contributed by atoms with Crippen LogP contribution in [0.2, 0.25) is 0 Å². The van der Waals surface area contributed by atoms with Gasteiger partial charge in [0.05, 0.1) is 16.8 Å². The number of amides is 1. The highest BCUT2D eigenvalue weighted by Crippen LogP contribution is 2.34. The SMILES string of the molecule is O=C(COC(=O)c1cccnc1Nc1cccc(C(F)(F)F)c1)Nc1ccccc1C(F)(F)F. The fourth-order valence-corrected chi connectivity index (χ4v) is 2.81. The lowest BCUT2D eigenvalue weighted by atomic mass is 10.1. The van der Waals surface area contributed by atoms with E-state index in [2.05, 4.69) is 10.3 Å². The van der Waals surface area contributed by atoms with Crippen molar-refractivity contribution >= 4 is 29.1 Å². The van der Waals surface area contributed by atoms with Gasteiger partial charge >= 0.3 is 18.3 Å². The maximum absolute atomic E-state index is 13.0. The number of nitrogens with zero attached hydrogens (tertiary/aromatic N) is 1. The zero-order valence-corrected chi connectivity index (χ0v) is 17.0. The molecule has 34 heavy (non-hydrogen) atoms. The predicted octanol–water partition coefficient (Wildman–Crippen LogP) is 5.66. The fourth-order valence-electron chi connectivity index (χ4n) is 2.81. The second-order valence-corrected chi connectivity index (χ2v) is 6.77. The molecule has 2 aromatic carbocycles. The van der Waals surface area contributed by atoms with Crippen LogP contribution < -0.4 is 10.6 Å². The van der Waals surface area contributed by atoms with Crippen molar-refractivity contribution < 1.29 is 40.7 Å². The van der Waals surface area contributed by atoms with E-state index in [1.54, 1.807) is 0 Å². The number of benzene rings is 2. The molecule has 0 unspecified atom stereocenters. The van der Waals surface area contributed by atoms with Crippen LogP contribution >= 0.6 is 0 Å². The van der Waals surface area contributed by atoms with Gasteiger partial charge < -0.3 is 15.4 Å². The largest absolute Gasteiger partial charge is 0.452 e. The minimum absolute atomic E-state index is 0.0101. The minimum atomic E-state index is -4.71. The average molecular weight is 483 g/mol. The molecule has 0 spiro atoms. The molecule has 0 aliphatic carbocycles. The number of nitrogens with one attached hydrogen (secondary N) is 2. The Morgan fingerprint density at radius 3 is 2.32 bits per heavy atom.